The molecule has 10 heteroatoms. The van der Waals surface area contributed by atoms with Crippen LogP contribution in [0.3, 0.4) is 0 Å². The van der Waals surface area contributed by atoms with Crippen LogP contribution < -0.4 is 10.6 Å². The molecule has 38 heavy (non-hydrogen) atoms. The van der Waals surface area contributed by atoms with Gasteiger partial charge in [-0.3, -0.25) is 9.69 Å². The molecule has 2 N–H and O–H groups in total. The minimum Gasteiger partial charge on any atom is -0.379 e. The fourth-order valence-electron chi connectivity index (χ4n) is 3.86. The van der Waals surface area contributed by atoms with E-state index in [1.807, 2.05) is 0 Å². The second-order valence-corrected chi connectivity index (χ2v) is 8.61. The third kappa shape index (κ3) is 7.54. The summed E-state index contributed by atoms with van der Waals surface area (Å²) in [5, 5.41) is 5.57. The molecule has 2 heterocycles. The SMILES string of the molecule is O=C(Nc1cccc(C(F)(F)F)c1)c1cccnc1NCCc1ccc(F)c(C#CCN2CCOCC2)c1. The normalized spacial score (nSPS) is 13.9. The molecule has 0 atom stereocenters. The molecule has 1 aromatic heterocycles. The van der Waals surface area contributed by atoms with Crippen molar-refractivity contribution < 1.29 is 27.1 Å². The number of carbonyl (C=O) groups excluding carboxylic acids is 1. The molecular weight excluding hydrogens is 500 g/mol. The van der Waals surface area contributed by atoms with E-state index in [0.717, 1.165) is 30.8 Å². The fourth-order valence-corrected chi connectivity index (χ4v) is 3.86. The van der Waals surface area contributed by atoms with Crippen molar-refractivity contribution in [3.8, 4) is 11.8 Å². The standard InChI is InChI=1S/C28H26F4N4O2/c29-25-9-8-20(18-21(25)4-3-13-36-14-16-38-17-15-36)10-12-34-26-24(7-2-11-33-26)27(37)35-23-6-1-5-22(19-23)28(30,31)32/h1-2,5-9,11,18-19H,10,12-17H2,(H,33,34)(H,35,37). The summed E-state index contributed by atoms with van der Waals surface area (Å²) in [6.45, 7) is 3.87. The summed E-state index contributed by atoms with van der Waals surface area (Å²) in [4.78, 5) is 19.1. The van der Waals surface area contributed by atoms with Crippen molar-refractivity contribution in [2.24, 2.45) is 0 Å². The number of hydrogen-bond donors (Lipinski definition) is 2. The van der Waals surface area contributed by atoms with E-state index >= 15 is 0 Å². The van der Waals surface area contributed by atoms with Crippen LogP contribution in [0.25, 0.3) is 0 Å². The van der Waals surface area contributed by atoms with Gasteiger partial charge in [0.05, 0.1) is 36.4 Å². The number of nitrogens with zero attached hydrogens (tertiary/aromatic N) is 2. The van der Waals surface area contributed by atoms with E-state index in [-0.39, 0.29) is 17.1 Å². The van der Waals surface area contributed by atoms with E-state index in [0.29, 0.717) is 38.3 Å². The maximum Gasteiger partial charge on any atom is 0.416 e. The first-order valence-electron chi connectivity index (χ1n) is 12.0. The summed E-state index contributed by atoms with van der Waals surface area (Å²) < 4.78 is 58.5. The van der Waals surface area contributed by atoms with E-state index < -0.39 is 23.5 Å². The summed E-state index contributed by atoms with van der Waals surface area (Å²) >= 11 is 0. The molecule has 6 nitrogen and oxygen atoms in total. The summed E-state index contributed by atoms with van der Waals surface area (Å²) in [5.74, 6) is 5.22. The van der Waals surface area contributed by atoms with Crippen molar-refractivity contribution in [2.75, 3.05) is 50.0 Å². The Hall–Kier alpha value is -3.94. The van der Waals surface area contributed by atoms with Crippen LogP contribution in [-0.2, 0) is 17.3 Å². The van der Waals surface area contributed by atoms with Crippen LogP contribution in [0.15, 0.2) is 60.8 Å². The number of ether oxygens (including phenoxy) is 1. The molecule has 0 bridgehead atoms. The van der Waals surface area contributed by atoms with Crippen molar-refractivity contribution >= 4 is 17.4 Å². The first-order chi connectivity index (χ1) is 18.3. The maximum atomic E-state index is 14.3. The summed E-state index contributed by atoms with van der Waals surface area (Å²) in [6.07, 6.45) is -2.51. The highest BCUT2D eigenvalue weighted by molar-refractivity contribution is 6.07. The van der Waals surface area contributed by atoms with Gasteiger partial charge in [0, 0.05) is 31.5 Å². The van der Waals surface area contributed by atoms with Crippen molar-refractivity contribution in [2.45, 2.75) is 12.6 Å². The zero-order chi connectivity index (χ0) is 27.0. The highest BCUT2D eigenvalue weighted by Gasteiger charge is 2.30. The number of morpholine rings is 1. The number of rotatable bonds is 7. The van der Waals surface area contributed by atoms with Gasteiger partial charge in [-0.05, 0) is 54.4 Å². The Balaban J connectivity index is 1.36. The molecule has 1 fully saturated rings. The van der Waals surface area contributed by atoms with E-state index in [4.69, 9.17) is 4.74 Å². The zero-order valence-electron chi connectivity index (χ0n) is 20.4. The van der Waals surface area contributed by atoms with Gasteiger partial charge < -0.3 is 15.4 Å². The van der Waals surface area contributed by atoms with E-state index in [1.165, 1.54) is 30.5 Å². The van der Waals surface area contributed by atoms with Crippen LogP contribution in [0.5, 0.6) is 0 Å². The molecule has 1 aliphatic rings. The van der Waals surface area contributed by atoms with Crippen LogP contribution in [0.1, 0.15) is 27.0 Å². The Morgan fingerprint density at radius 1 is 1.08 bits per heavy atom. The third-order valence-corrected chi connectivity index (χ3v) is 5.87. The average Bonchev–Trinajstić information content (AvgIpc) is 2.91. The highest BCUT2D eigenvalue weighted by Crippen LogP contribution is 2.30. The molecule has 3 aromatic rings. The Labute approximate surface area is 218 Å². The monoisotopic (exact) mass is 526 g/mol. The van der Waals surface area contributed by atoms with Crippen molar-refractivity contribution in [3.05, 3.63) is 88.9 Å². The molecule has 4 rings (SSSR count). The van der Waals surface area contributed by atoms with E-state index in [1.54, 1.807) is 18.2 Å². The lowest BCUT2D eigenvalue weighted by Crippen LogP contribution is -2.36. The summed E-state index contributed by atoms with van der Waals surface area (Å²) in [6, 6.07) is 12.3. The van der Waals surface area contributed by atoms with Crippen molar-refractivity contribution in [1.82, 2.24) is 9.88 Å². The number of amides is 1. The second-order valence-electron chi connectivity index (χ2n) is 8.61. The fraction of sp³-hybridized carbons (Fsp3) is 0.286. The minimum atomic E-state index is -4.52. The van der Waals surface area contributed by atoms with Crippen molar-refractivity contribution in [3.63, 3.8) is 0 Å². The van der Waals surface area contributed by atoms with Gasteiger partial charge >= 0.3 is 6.18 Å². The predicted octanol–water partition coefficient (Wildman–Crippen LogP) is 4.83. The number of halogens is 4. The predicted molar refractivity (Wildman–Crippen MR) is 136 cm³/mol. The lowest BCUT2D eigenvalue weighted by molar-refractivity contribution is -0.137. The third-order valence-electron chi connectivity index (χ3n) is 5.87. The minimum absolute atomic E-state index is 0.0215. The van der Waals surface area contributed by atoms with E-state index in [9.17, 15) is 22.4 Å². The molecule has 198 valence electrons. The smallest absolute Gasteiger partial charge is 0.379 e. The van der Waals surface area contributed by atoms with Gasteiger partial charge in [-0.15, -0.1) is 0 Å². The molecule has 0 aliphatic carbocycles. The first-order valence-corrected chi connectivity index (χ1v) is 12.0. The van der Waals surface area contributed by atoms with Gasteiger partial charge in [-0.25, -0.2) is 9.37 Å². The van der Waals surface area contributed by atoms with Gasteiger partial charge in [0.1, 0.15) is 11.6 Å². The highest BCUT2D eigenvalue weighted by atomic mass is 19.4. The Bertz CT molecular complexity index is 1330. The second kappa shape index (κ2) is 12.5. The number of alkyl halides is 3. The molecule has 0 unspecified atom stereocenters. The van der Waals surface area contributed by atoms with Crippen LogP contribution >= 0.6 is 0 Å². The van der Waals surface area contributed by atoms with Crippen LogP contribution in [-0.4, -0.2) is 55.2 Å². The molecule has 1 aliphatic heterocycles. The average molecular weight is 527 g/mol. The molecule has 1 saturated heterocycles. The van der Waals surface area contributed by atoms with Gasteiger partial charge in [0.2, 0.25) is 0 Å². The first kappa shape index (κ1) is 27.1. The molecule has 2 aromatic carbocycles. The quantitative estimate of drug-likeness (QED) is 0.341. The number of nitrogens with one attached hydrogen (secondary N) is 2. The summed E-state index contributed by atoms with van der Waals surface area (Å²) in [5.41, 5.74) is 0.506. The Kier molecular flexibility index (Phi) is 8.94. The zero-order valence-corrected chi connectivity index (χ0v) is 20.4. The van der Waals surface area contributed by atoms with E-state index in [2.05, 4.69) is 32.4 Å². The molecule has 0 saturated carbocycles. The largest absolute Gasteiger partial charge is 0.416 e. The van der Waals surface area contributed by atoms with Gasteiger partial charge in [0.25, 0.3) is 5.91 Å². The number of benzene rings is 2. The maximum absolute atomic E-state index is 14.3. The van der Waals surface area contributed by atoms with Crippen LogP contribution in [0, 0.1) is 17.7 Å². The Morgan fingerprint density at radius 3 is 2.68 bits per heavy atom. The molecule has 0 spiro atoms. The molecular formula is C28H26F4N4O2. The number of anilines is 2. The van der Waals surface area contributed by atoms with Crippen LogP contribution in [0.4, 0.5) is 29.1 Å². The lowest BCUT2D eigenvalue weighted by atomic mass is 10.1. The lowest BCUT2D eigenvalue weighted by Gasteiger charge is -2.24. The van der Waals surface area contributed by atoms with Crippen molar-refractivity contribution in [1.29, 1.82) is 0 Å². The van der Waals surface area contributed by atoms with Crippen LogP contribution in [0.2, 0.25) is 0 Å². The number of pyridine rings is 1. The topological polar surface area (TPSA) is 66.5 Å². The summed E-state index contributed by atoms with van der Waals surface area (Å²) in [7, 11) is 0. The molecule has 1 amide bonds. The Morgan fingerprint density at radius 2 is 1.89 bits per heavy atom. The van der Waals surface area contributed by atoms with Gasteiger partial charge in [0.15, 0.2) is 0 Å². The molecule has 0 radical (unpaired) electrons. The number of aromatic nitrogens is 1. The number of carbonyl (C=O) groups is 1. The number of hydrogen-bond acceptors (Lipinski definition) is 5. The van der Waals surface area contributed by atoms with Gasteiger partial charge in [-0.2, -0.15) is 13.2 Å². The van der Waals surface area contributed by atoms with Gasteiger partial charge in [-0.1, -0.05) is 24.0 Å².